The molecule has 0 aliphatic rings. The summed E-state index contributed by atoms with van der Waals surface area (Å²) in [5.41, 5.74) is -5.53. The third-order valence-electron chi connectivity index (χ3n) is 1.02. The number of hydrogen-bond donors (Lipinski definition) is 1. The lowest BCUT2D eigenvalue weighted by Crippen LogP contribution is -2.21. The van der Waals surface area contributed by atoms with Gasteiger partial charge in [0.25, 0.3) is 0 Å². The van der Waals surface area contributed by atoms with Gasteiger partial charge in [0.05, 0.1) is 13.2 Å². The van der Waals surface area contributed by atoms with Crippen LogP contribution >= 0.6 is 7.60 Å². The average molecular weight is 302 g/mol. The van der Waals surface area contributed by atoms with Crippen LogP contribution in [0.4, 0.5) is 13.2 Å². The predicted octanol–water partition coefficient (Wildman–Crippen LogP) is 2.28. The number of alkyl halides is 3. The van der Waals surface area contributed by atoms with Gasteiger partial charge in [-0.3, -0.25) is 9.12 Å². The van der Waals surface area contributed by atoms with E-state index in [4.69, 9.17) is 22.0 Å². The summed E-state index contributed by atoms with van der Waals surface area (Å²) in [5.74, 6) is 0. The normalized spacial score (nSPS) is 12.9. The van der Waals surface area contributed by atoms with E-state index in [0.29, 0.717) is 13.2 Å². The van der Waals surface area contributed by atoms with Crippen molar-refractivity contribution in [1.82, 2.24) is 0 Å². The Morgan fingerprint density at radius 3 is 1.53 bits per heavy atom. The summed E-state index contributed by atoms with van der Waals surface area (Å²) in [6.45, 7) is 5.92. The molecular formula is C6H14F3O6PS. The number of rotatable bonds is 4. The molecule has 0 aliphatic carbocycles. The first kappa shape index (κ1) is 19.2. The molecular weight excluding hydrogens is 288 g/mol. The summed E-state index contributed by atoms with van der Waals surface area (Å²) >= 11 is 0. The van der Waals surface area contributed by atoms with Crippen molar-refractivity contribution in [2.45, 2.75) is 19.4 Å². The molecule has 0 aromatic heterocycles. The van der Waals surface area contributed by atoms with Crippen molar-refractivity contribution in [3.8, 4) is 0 Å². The van der Waals surface area contributed by atoms with Crippen LogP contribution in [0.15, 0.2) is 0 Å². The van der Waals surface area contributed by atoms with Gasteiger partial charge in [0, 0.05) is 6.66 Å². The molecule has 0 bridgehead atoms. The second-order valence-electron chi connectivity index (χ2n) is 2.53. The Kier molecular flexibility index (Phi) is 8.27. The van der Waals surface area contributed by atoms with Gasteiger partial charge >= 0.3 is 23.2 Å². The lowest BCUT2D eigenvalue weighted by molar-refractivity contribution is -0.0510. The number of halogens is 3. The van der Waals surface area contributed by atoms with Crippen LogP contribution in [0.25, 0.3) is 0 Å². The van der Waals surface area contributed by atoms with Gasteiger partial charge in [-0.05, 0) is 13.8 Å². The fourth-order valence-electron chi connectivity index (χ4n) is 0.506. The van der Waals surface area contributed by atoms with Gasteiger partial charge in [-0.2, -0.15) is 21.6 Å². The summed E-state index contributed by atoms with van der Waals surface area (Å²) in [7, 11) is -8.53. The molecule has 106 valence electrons. The molecule has 0 aromatic rings. The fourth-order valence-corrected chi connectivity index (χ4v) is 1.52. The van der Waals surface area contributed by atoms with Gasteiger partial charge in [-0.1, -0.05) is 0 Å². The van der Waals surface area contributed by atoms with E-state index in [1.165, 1.54) is 6.66 Å². The molecule has 0 aromatic carbocycles. The van der Waals surface area contributed by atoms with E-state index in [-0.39, 0.29) is 0 Å². The molecule has 0 radical (unpaired) electrons. The fraction of sp³-hybridized carbons (Fsp3) is 1.00. The largest absolute Gasteiger partial charge is 0.522 e. The van der Waals surface area contributed by atoms with Gasteiger partial charge in [0.1, 0.15) is 0 Å². The first-order valence-corrected chi connectivity index (χ1v) is 7.70. The third kappa shape index (κ3) is 10.7. The standard InChI is InChI=1S/C5H13O3P.CHF3O3S/c1-4-7-9(3,6)8-5-2;2-1(3,4)8(5,6)7/h4-5H2,1-3H3;(H,5,6,7). The second kappa shape index (κ2) is 7.32. The SMILES string of the molecule is CCOP(C)(=O)OCC.O=S(=O)(O)C(F)(F)F. The molecule has 0 fully saturated rings. The quantitative estimate of drug-likeness (QED) is 0.487. The van der Waals surface area contributed by atoms with Crippen LogP contribution < -0.4 is 0 Å². The molecule has 0 rings (SSSR count). The van der Waals surface area contributed by atoms with Gasteiger partial charge in [-0.15, -0.1) is 0 Å². The average Bonchev–Trinajstić information content (AvgIpc) is 2.00. The molecule has 17 heavy (non-hydrogen) atoms. The summed E-state index contributed by atoms with van der Waals surface area (Å²) < 4.78 is 78.1. The lowest BCUT2D eigenvalue weighted by Gasteiger charge is -2.10. The topological polar surface area (TPSA) is 89.9 Å². The van der Waals surface area contributed by atoms with E-state index in [1.54, 1.807) is 13.8 Å². The maximum atomic E-state index is 11.0. The van der Waals surface area contributed by atoms with Gasteiger partial charge in [0.15, 0.2) is 0 Å². The predicted molar refractivity (Wildman–Crippen MR) is 54.4 cm³/mol. The Labute approximate surface area is 97.4 Å². The van der Waals surface area contributed by atoms with E-state index >= 15 is 0 Å². The van der Waals surface area contributed by atoms with E-state index in [9.17, 15) is 17.7 Å². The Bertz CT molecular complexity index is 341. The molecule has 0 amide bonds. The molecule has 1 N–H and O–H groups in total. The van der Waals surface area contributed by atoms with Crippen LogP contribution in [0.1, 0.15) is 13.8 Å². The van der Waals surface area contributed by atoms with Crippen molar-refractivity contribution in [1.29, 1.82) is 0 Å². The lowest BCUT2D eigenvalue weighted by atomic mass is 10.9. The molecule has 0 spiro atoms. The molecule has 0 saturated heterocycles. The monoisotopic (exact) mass is 302 g/mol. The van der Waals surface area contributed by atoms with Crippen molar-refractivity contribution >= 4 is 17.7 Å². The highest BCUT2D eigenvalue weighted by Crippen LogP contribution is 2.43. The number of hydrogen-bond acceptors (Lipinski definition) is 5. The Morgan fingerprint density at radius 2 is 1.41 bits per heavy atom. The van der Waals surface area contributed by atoms with Gasteiger partial charge in [0.2, 0.25) is 0 Å². The zero-order chi connectivity index (χ0) is 14.3. The van der Waals surface area contributed by atoms with Crippen molar-refractivity contribution < 1.29 is 39.8 Å². The molecule has 6 nitrogen and oxygen atoms in total. The maximum absolute atomic E-state index is 11.0. The Morgan fingerprint density at radius 1 is 1.18 bits per heavy atom. The van der Waals surface area contributed by atoms with Crippen LogP contribution in [0.5, 0.6) is 0 Å². The Balaban J connectivity index is 0. The maximum Gasteiger partial charge on any atom is 0.522 e. The van der Waals surface area contributed by atoms with Crippen LogP contribution in [-0.2, 0) is 23.7 Å². The zero-order valence-electron chi connectivity index (χ0n) is 9.39. The first-order valence-electron chi connectivity index (χ1n) is 4.27. The summed E-state index contributed by atoms with van der Waals surface area (Å²) in [5, 5.41) is 0. The molecule has 0 heterocycles. The van der Waals surface area contributed by atoms with E-state index in [0.717, 1.165) is 0 Å². The van der Waals surface area contributed by atoms with Crippen molar-refractivity contribution in [3.05, 3.63) is 0 Å². The van der Waals surface area contributed by atoms with E-state index in [2.05, 4.69) is 0 Å². The van der Waals surface area contributed by atoms with E-state index < -0.39 is 23.2 Å². The molecule has 0 aliphatic heterocycles. The van der Waals surface area contributed by atoms with Crippen LogP contribution in [0.3, 0.4) is 0 Å². The summed E-state index contributed by atoms with van der Waals surface area (Å²) in [4.78, 5) is 0. The highest BCUT2D eigenvalue weighted by molar-refractivity contribution is 7.86. The van der Waals surface area contributed by atoms with E-state index in [1.807, 2.05) is 0 Å². The molecule has 0 saturated carbocycles. The minimum atomic E-state index is -5.84. The minimum absolute atomic E-state index is 0.438. The summed E-state index contributed by atoms with van der Waals surface area (Å²) in [6.07, 6.45) is 0. The summed E-state index contributed by atoms with van der Waals surface area (Å²) in [6, 6.07) is 0. The van der Waals surface area contributed by atoms with Gasteiger partial charge in [-0.25, -0.2) is 0 Å². The van der Waals surface area contributed by atoms with Crippen molar-refractivity contribution in [2.24, 2.45) is 0 Å². The van der Waals surface area contributed by atoms with Crippen LogP contribution in [0, 0.1) is 0 Å². The van der Waals surface area contributed by atoms with Crippen molar-refractivity contribution in [3.63, 3.8) is 0 Å². The van der Waals surface area contributed by atoms with Crippen LogP contribution in [-0.4, -0.2) is 38.4 Å². The minimum Gasteiger partial charge on any atom is -0.309 e. The molecule has 11 heteroatoms. The second-order valence-corrected chi connectivity index (χ2v) is 6.00. The first-order chi connectivity index (χ1) is 7.37. The third-order valence-corrected chi connectivity index (χ3v) is 3.06. The molecule has 0 atom stereocenters. The zero-order valence-corrected chi connectivity index (χ0v) is 11.1. The Hall–Kier alpha value is -0.150. The van der Waals surface area contributed by atoms with Crippen LogP contribution in [0.2, 0.25) is 0 Å². The smallest absolute Gasteiger partial charge is 0.309 e. The van der Waals surface area contributed by atoms with Gasteiger partial charge < -0.3 is 9.05 Å². The highest BCUT2D eigenvalue weighted by atomic mass is 32.2. The highest BCUT2D eigenvalue weighted by Gasteiger charge is 2.44. The molecule has 0 unspecified atom stereocenters. The van der Waals surface area contributed by atoms with Crippen molar-refractivity contribution in [2.75, 3.05) is 19.9 Å².